The van der Waals surface area contributed by atoms with Crippen LogP contribution in [0.25, 0.3) is 0 Å². The van der Waals surface area contributed by atoms with Gasteiger partial charge in [-0.25, -0.2) is 0 Å². The van der Waals surface area contributed by atoms with Crippen LogP contribution >= 0.6 is 0 Å². The Labute approximate surface area is 107 Å². The fourth-order valence-electron chi connectivity index (χ4n) is 2.74. The maximum Gasteiger partial charge on any atom is 0.268 e. The highest BCUT2D eigenvalue weighted by Gasteiger charge is 2.28. The summed E-state index contributed by atoms with van der Waals surface area (Å²) in [4.78, 5) is 12.2. The molecule has 0 aliphatic heterocycles. The molecule has 1 aromatic heterocycles. The van der Waals surface area contributed by atoms with Gasteiger partial charge in [-0.15, -0.1) is 0 Å². The average Bonchev–Trinajstić information content (AvgIpc) is 3.09. The molecule has 4 nitrogen and oxygen atoms in total. The van der Waals surface area contributed by atoms with E-state index in [0.29, 0.717) is 6.04 Å². The SMILES string of the molecule is O=C(NC1CCC(O)CC1)c1cccn1C1CC1. The summed E-state index contributed by atoms with van der Waals surface area (Å²) in [5.41, 5.74) is 0.781. The van der Waals surface area contributed by atoms with Crippen LogP contribution in [0.2, 0.25) is 0 Å². The summed E-state index contributed by atoms with van der Waals surface area (Å²) in [5, 5.41) is 12.5. The lowest BCUT2D eigenvalue weighted by molar-refractivity contribution is 0.0859. The minimum Gasteiger partial charge on any atom is -0.393 e. The van der Waals surface area contributed by atoms with Crippen molar-refractivity contribution in [2.75, 3.05) is 0 Å². The Hall–Kier alpha value is -1.29. The number of carbonyl (C=O) groups excluding carboxylic acids is 1. The van der Waals surface area contributed by atoms with Crippen LogP contribution in [0.4, 0.5) is 0 Å². The van der Waals surface area contributed by atoms with Gasteiger partial charge in [-0.2, -0.15) is 0 Å². The van der Waals surface area contributed by atoms with Crippen molar-refractivity contribution in [1.29, 1.82) is 0 Å². The van der Waals surface area contributed by atoms with Crippen LogP contribution in [0.15, 0.2) is 18.3 Å². The molecule has 0 unspecified atom stereocenters. The molecule has 2 aliphatic carbocycles. The van der Waals surface area contributed by atoms with Crippen LogP contribution in [-0.4, -0.2) is 27.7 Å². The molecule has 3 rings (SSSR count). The van der Waals surface area contributed by atoms with Gasteiger partial charge < -0.3 is 15.0 Å². The molecule has 2 fully saturated rings. The van der Waals surface area contributed by atoms with Crippen LogP contribution in [0, 0.1) is 0 Å². The molecule has 2 saturated carbocycles. The zero-order chi connectivity index (χ0) is 12.5. The lowest BCUT2D eigenvalue weighted by Crippen LogP contribution is -2.39. The second-order valence-electron chi connectivity index (χ2n) is 5.51. The molecule has 0 atom stereocenters. The smallest absolute Gasteiger partial charge is 0.268 e. The highest BCUT2D eigenvalue weighted by Crippen LogP contribution is 2.36. The van der Waals surface area contributed by atoms with E-state index in [9.17, 15) is 9.90 Å². The summed E-state index contributed by atoms with van der Waals surface area (Å²) in [6.07, 6.45) is 7.57. The normalized spacial score (nSPS) is 28.1. The Bertz CT molecular complexity index is 429. The third-order valence-corrected chi connectivity index (χ3v) is 3.98. The molecule has 18 heavy (non-hydrogen) atoms. The van der Waals surface area contributed by atoms with Crippen LogP contribution in [0.1, 0.15) is 55.1 Å². The van der Waals surface area contributed by atoms with E-state index < -0.39 is 0 Å². The fourth-order valence-corrected chi connectivity index (χ4v) is 2.74. The molecule has 1 aromatic rings. The lowest BCUT2D eigenvalue weighted by Gasteiger charge is -2.26. The molecule has 2 aliphatic rings. The monoisotopic (exact) mass is 248 g/mol. The van der Waals surface area contributed by atoms with Gasteiger partial charge in [0.05, 0.1) is 6.10 Å². The predicted molar refractivity (Wildman–Crippen MR) is 68.4 cm³/mol. The minimum atomic E-state index is -0.173. The first-order valence-electron chi connectivity index (χ1n) is 6.90. The van der Waals surface area contributed by atoms with E-state index in [1.165, 1.54) is 12.8 Å². The number of hydrogen-bond acceptors (Lipinski definition) is 2. The molecule has 0 spiro atoms. The van der Waals surface area contributed by atoms with Gasteiger partial charge in [0.1, 0.15) is 5.69 Å². The summed E-state index contributed by atoms with van der Waals surface area (Å²) in [6, 6.07) is 4.60. The van der Waals surface area contributed by atoms with Crippen molar-refractivity contribution in [3.63, 3.8) is 0 Å². The highest BCUT2D eigenvalue weighted by atomic mass is 16.3. The summed E-state index contributed by atoms with van der Waals surface area (Å²) < 4.78 is 2.09. The Kier molecular flexibility index (Phi) is 3.12. The average molecular weight is 248 g/mol. The van der Waals surface area contributed by atoms with E-state index in [2.05, 4.69) is 9.88 Å². The molecule has 1 heterocycles. The van der Waals surface area contributed by atoms with Crippen molar-refractivity contribution in [2.24, 2.45) is 0 Å². The van der Waals surface area contributed by atoms with Crippen molar-refractivity contribution in [1.82, 2.24) is 9.88 Å². The molecule has 1 amide bonds. The number of nitrogens with one attached hydrogen (secondary N) is 1. The molecule has 0 radical (unpaired) electrons. The first-order valence-corrected chi connectivity index (χ1v) is 6.90. The molecular formula is C14H20N2O2. The lowest BCUT2D eigenvalue weighted by atomic mass is 9.93. The molecular weight excluding hydrogens is 228 g/mol. The van der Waals surface area contributed by atoms with Gasteiger partial charge >= 0.3 is 0 Å². The number of carbonyl (C=O) groups is 1. The van der Waals surface area contributed by atoms with Gasteiger partial charge in [0.25, 0.3) is 5.91 Å². The van der Waals surface area contributed by atoms with E-state index >= 15 is 0 Å². The quantitative estimate of drug-likeness (QED) is 0.857. The fraction of sp³-hybridized carbons (Fsp3) is 0.643. The summed E-state index contributed by atoms with van der Waals surface area (Å²) in [5.74, 6) is 0.0355. The molecule has 0 bridgehead atoms. The number of aliphatic hydroxyl groups is 1. The molecule has 0 saturated heterocycles. The van der Waals surface area contributed by atoms with Crippen LogP contribution < -0.4 is 5.32 Å². The number of hydrogen-bond donors (Lipinski definition) is 2. The maximum atomic E-state index is 12.2. The largest absolute Gasteiger partial charge is 0.393 e. The second kappa shape index (κ2) is 4.76. The zero-order valence-electron chi connectivity index (χ0n) is 10.5. The van der Waals surface area contributed by atoms with Crippen molar-refractivity contribution in [3.05, 3.63) is 24.0 Å². The van der Waals surface area contributed by atoms with E-state index in [0.717, 1.165) is 31.4 Å². The Morgan fingerprint density at radius 1 is 1.22 bits per heavy atom. The van der Waals surface area contributed by atoms with E-state index in [-0.39, 0.29) is 18.1 Å². The maximum absolute atomic E-state index is 12.2. The topological polar surface area (TPSA) is 54.3 Å². The van der Waals surface area contributed by atoms with Crippen molar-refractivity contribution >= 4 is 5.91 Å². The van der Waals surface area contributed by atoms with Crippen molar-refractivity contribution < 1.29 is 9.90 Å². The number of amides is 1. The van der Waals surface area contributed by atoms with E-state index in [4.69, 9.17) is 0 Å². The zero-order valence-corrected chi connectivity index (χ0v) is 10.5. The number of aliphatic hydroxyl groups excluding tert-OH is 1. The third-order valence-electron chi connectivity index (χ3n) is 3.98. The third kappa shape index (κ3) is 2.43. The van der Waals surface area contributed by atoms with Crippen molar-refractivity contribution in [2.45, 2.75) is 56.7 Å². The number of rotatable bonds is 3. The number of aromatic nitrogens is 1. The van der Waals surface area contributed by atoms with Crippen LogP contribution in [-0.2, 0) is 0 Å². The first-order chi connectivity index (χ1) is 8.74. The Morgan fingerprint density at radius 2 is 1.94 bits per heavy atom. The summed E-state index contributed by atoms with van der Waals surface area (Å²) in [6.45, 7) is 0. The molecule has 2 N–H and O–H groups in total. The summed E-state index contributed by atoms with van der Waals surface area (Å²) >= 11 is 0. The van der Waals surface area contributed by atoms with Crippen LogP contribution in [0.3, 0.4) is 0 Å². The van der Waals surface area contributed by atoms with Crippen LogP contribution in [0.5, 0.6) is 0 Å². The van der Waals surface area contributed by atoms with E-state index in [1.807, 2.05) is 18.3 Å². The second-order valence-corrected chi connectivity index (χ2v) is 5.51. The molecule has 98 valence electrons. The van der Waals surface area contributed by atoms with Gasteiger partial charge in [0.2, 0.25) is 0 Å². The number of nitrogens with zero attached hydrogens (tertiary/aromatic N) is 1. The minimum absolute atomic E-state index is 0.0355. The van der Waals surface area contributed by atoms with Gasteiger partial charge in [-0.3, -0.25) is 4.79 Å². The van der Waals surface area contributed by atoms with Gasteiger partial charge in [-0.05, 0) is 50.7 Å². The molecule has 0 aromatic carbocycles. The Balaban J connectivity index is 1.62. The molecule has 4 heteroatoms. The Morgan fingerprint density at radius 3 is 2.61 bits per heavy atom. The van der Waals surface area contributed by atoms with Gasteiger partial charge in [-0.1, -0.05) is 0 Å². The van der Waals surface area contributed by atoms with Crippen molar-refractivity contribution in [3.8, 4) is 0 Å². The first kappa shape index (κ1) is 11.8. The standard InChI is InChI=1S/C14H20N2O2/c17-12-7-3-10(4-8-12)15-14(18)13-2-1-9-16(13)11-5-6-11/h1-2,9-12,17H,3-8H2,(H,15,18). The van der Waals surface area contributed by atoms with Gasteiger partial charge in [0.15, 0.2) is 0 Å². The highest BCUT2D eigenvalue weighted by molar-refractivity contribution is 5.93. The predicted octanol–water partition coefficient (Wildman–Crippen LogP) is 1.86. The van der Waals surface area contributed by atoms with Gasteiger partial charge in [0, 0.05) is 18.3 Å². The summed E-state index contributed by atoms with van der Waals surface area (Å²) in [7, 11) is 0. The van der Waals surface area contributed by atoms with E-state index in [1.54, 1.807) is 0 Å².